The predicted molar refractivity (Wildman–Crippen MR) is 84.3 cm³/mol. The third-order valence-electron chi connectivity index (χ3n) is 2.82. The van der Waals surface area contributed by atoms with E-state index in [2.05, 4.69) is 4.72 Å². The first kappa shape index (κ1) is 16.1. The highest BCUT2D eigenvalue weighted by atomic mass is 35.5. The number of anilines is 1. The predicted octanol–water partition coefficient (Wildman–Crippen LogP) is 3.85. The minimum Gasteiger partial charge on any atom is -0.389 e. The summed E-state index contributed by atoms with van der Waals surface area (Å²) in [6.45, 7) is 1.56. The molecule has 0 amide bonds. The Kier molecular flexibility index (Phi) is 4.78. The molecular weight excluding hydrogens is 333 g/mol. The van der Waals surface area contributed by atoms with E-state index in [1.54, 1.807) is 25.1 Å². The molecule has 0 aliphatic rings. The zero-order valence-electron chi connectivity index (χ0n) is 11.0. The van der Waals surface area contributed by atoms with E-state index in [9.17, 15) is 13.5 Å². The van der Waals surface area contributed by atoms with Crippen LogP contribution in [0.1, 0.15) is 18.6 Å². The van der Waals surface area contributed by atoms with Crippen LogP contribution in [0.4, 0.5) is 5.69 Å². The van der Waals surface area contributed by atoms with E-state index in [0.29, 0.717) is 10.6 Å². The summed E-state index contributed by atoms with van der Waals surface area (Å²) in [4.78, 5) is 0.0388. The van der Waals surface area contributed by atoms with E-state index in [0.717, 1.165) is 0 Å². The second kappa shape index (κ2) is 6.23. The topological polar surface area (TPSA) is 66.4 Å². The van der Waals surface area contributed by atoms with E-state index < -0.39 is 16.1 Å². The maximum absolute atomic E-state index is 12.3. The second-order valence-corrected chi connectivity index (χ2v) is 7.00. The van der Waals surface area contributed by atoms with Gasteiger partial charge in [0.25, 0.3) is 10.0 Å². The van der Waals surface area contributed by atoms with Crippen molar-refractivity contribution in [2.45, 2.75) is 17.9 Å². The van der Waals surface area contributed by atoms with Crippen molar-refractivity contribution >= 4 is 38.9 Å². The van der Waals surface area contributed by atoms with Crippen LogP contribution in [0.25, 0.3) is 0 Å². The first-order valence-electron chi connectivity index (χ1n) is 6.05. The molecule has 0 saturated carbocycles. The molecule has 1 atom stereocenters. The molecule has 0 radical (unpaired) electrons. The molecule has 2 N–H and O–H groups in total. The van der Waals surface area contributed by atoms with Gasteiger partial charge in [0, 0.05) is 5.02 Å². The van der Waals surface area contributed by atoms with Crippen LogP contribution in [0.5, 0.6) is 0 Å². The molecule has 0 fully saturated rings. The van der Waals surface area contributed by atoms with E-state index in [-0.39, 0.29) is 15.6 Å². The highest BCUT2D eigenvalue weighted by molar-refractivity contribution is 7.92. The van der Waals surface area contributed by atoms with Crippen LogP contribution in [0.3, 0.4) is 0 Å². The first-order chi connectivity index (χ1) is 9.79. The monoisotopic (exact) mass is 345 g/mol. The summed E-state index contributed by atoms with van der Waals surface area (Å²) >= 11 is 11.8. The molecule has 0 heterocycles. The summed E-state index contributed by atoms with van der Waals surface area (Å²) in [5, 5.41) is 10.1. The summed E-state index contributed by atoms with van der Waals surface area (Å²) < 4.78 is 27.1. The summed E-state index contributed by atoms with van der Waals surface area (Å²) in [6.07, 6.45) is -0.755. The smallest absolute Gasteiger partial charge is 0.261 e. The van der Waals surface area contributed by atoms with Crippen LogP contribution in [0, 0.1) is 0 Å². The summed E-state index contributed by atoms with van der Waals surface area (Å²) in [5.74, 6) is 0. The molecule has 0 aromatic heterocycles. The SMILES string of the molecule is CC(O)c1cccc(S(=O)(=O)Nc2cc(Cl)ccc2Cl)c1. The Hall–Kier alpha value is -1.27. The third kappa shape index (κ3) is 3.89. The van der Waals surface area contributed by atoms with Crippen molar-refractivity contribution in [2.24, 2.45) is 0 Å². The van der Waals surface area contributed by atoms with Gasteiger partial charge in [-0.05, 0) is 42.8 Å². The number of halogens is 2. The minimum atomic E-state index is -3.81. The number of benzene rings is 2. The van der Waals surface area contributed by atoms with E-state index in [4.69, 9.17) is 23.2 Å². The molecule has 1 unspecified atom stereocenters. The summed E-state index contributed by atoms with van der Waals surface area (Å²) in [7, 11) is -3.81. The Labute approximate surface area is 133 Å². The van der Waals surface area contributed by atoms with Crippen LogP contribution in [0.15, 0.2) is 47.4 Å². The first-order valence-corrected chi connectivity index (χ1v) is 8.29. The molecular formula is C14H13Cl2NO3S. The lowest BCUT2D eigenvalue weighted by atomic mass is 10.1. The molecule has 0 saturated heterocycles. The van der Waals surface area contributed by atoms with Crippen LogP contribution in [0.2, 0.25) is 10.0 Å². The van der Waals surface area contributed by atoms with Crippen molar-refractivity contribution in [3.8, 4) is 0 Å². The second-order valence-electron chi connectivity index (χ2n) is 4.48. The van der Waals surface area contributed by atoms with Gasteiger partial charge in [0.15, 0.2) is 0 Å². The average Bonchev–Trinajstić information content (AvgIpc) is 2.43. The van der Waals surface area contributed by atoms with Gasteiger partial charge >= 0.3 is 0 Å². The number of rotatable bonds is 4. The summed E-state index contributed by atoms with van der Waals surface area (Å²) in [5.41, 5.74) is 0.710. The van der Waals surface area contributed by atoms with Gasteiger partial charge < -0.3 is 5.11 Å². The number of aliphatic hydroxyl groups excluding tert-OH is 1. The zero-order chi connectivity index (χ0) is 15.6. The van der Waals surface area contributed by atoms with Crippen molar-refractivity contribution in [3.63, 3.8) is 0 Å². The fourth-order valence-corrected chi connectivity index (χ4v) is 3.24. The van der Waals surface area contributed by atoms with Gasteiger partial charge in [0.1, 0.15) is 0 Å². The van der Waals surface area contributed by atoms with Crippen molar-refractivity contribution < 1.29 is 13.5 Å². The molecule has 0 aliphatic carbocycles. The lowest BCUT2D eigenvalue weighted by Gasteiger charge is -2.12. The molecule has 112 valence electrons. The molecule has 7 heteroatoms. The van der Waals surface area contributed by atoms with Gasteiger partial charge in [-0.1, -0.05) is 35.3 Å². The van der Waals surface area contributed by atoms with Crippen LogP contribution in [-0.4, -0.2) is 13.5 Å². The third-order valence-corrected chi connectivity index (χ3v) is 4.75. The summed E-state index contributed by atoms with van der Waals surface area (Å²) in [6, 6.07) is 10.6. The Bertz CT molecular complexity index is 761. The Balaban J connectivity index is 2.38. The fourth-order valence-electron chi connectivity index (χ4n) is 1.72. The Morgan fingerprint density at radius 3 is 2.52 bits per heavy atom. The number of hydrogen-bond acceptors (Lipinski definition) is 3. The maximum atomic E-state index is 12.3. The fraction of sp³-hybridized carbons (Fsp3) is 0.143. The number of hydrogen-bond donors (Lipinski definition) is 2. The van der Waals surface area contributed by atoms with E-state index in [1.165, 1.54) is 24.3 Å². The number of sulfonamides is 1. The Morgan fingerprint density at radius 2 is 1.86 bits per heavy atom. The van der Waals surface area contributed by atoms with Gasteiger partial charge in [0.2, 0.25) is 0 Å². The van der Waals surface area contributed by atoms with Crippen LogP contribution >= 0.6 is 23.2 Å². The molecule has 2 rings (SSSR count). The van der Waals surface area contributed by atoms with Gasteiger partial charge in [-0.2, -0.15) is 0 Å². The van der Waals surface area contributed by atoms with E-state index >= 15 is 0 Å². The zero-order valence-corrected chi connectivity index (χ0v) is 13.4. The van der Waals surface area contributed by atoms with Gasteiger partial charge in [-0.15, -0.1) is 0 Å². The minimum absolute atomic E-state index is 0.0388. The van der Waals surface area contributed by atoms with Gasteiger partial charge in [-0.3, -0.25) is 4.72 Å². The van der Waals surface area contributed by atoms with Crippen molar-refractivity contribution in [1.82, 2.24) is 0 Å². The Morgan fingerprint density at radius 1 is 1.14 bits per heavy atom. The lowest BCUT2D eigenvalue weighted by Crippen LogP contribution is -2.13. The average molecular weight is 346 g/mol. The van der Waals surface area contributed by atoms with Crippen molar-refractivity contribution in [1.29, 1.82) is 0 Å². The lowest BCUT2D eigenvalue weighted by molar-refractivity contribution is 0.199. The van der Waals surface area contributed by atoms with Crippen molar-refractivity contribution in [2.75, 3.05) is 4.72 Å². The molecule has 0 aliphatic heterocycles. The normalized spacial score (nSPS) is 13.0. The quantitative estimate of drug-likeness (QED) is 0.884. The number of aliphatic hydroxyl groups is 1. The molecule has 0 spiro atoms. The molecule has 2 aromatic carbocycles. The molecule has 2 aromatic rings. The molecule has 4 nitrogen and oxygen atoms in total. The highest BCUT2D eigenvalue weighted by Crippen LogP contribution is 2.28. The van der Waals surface area contributed by atoms with E-state index in [1.807, 2.05) is 0 Å². The number of nitrogens with one attached hydrogen (secondary N) is 1. The molecule has 21 heavy (non-hydrogen) atoms. The maximum Gasteiger partial charge on any atom is 0.261 e. The largest absolute Gasteiger partial charge is 0.389 e. The van der Waals surface area contributed by atoms with Crippen LogP contribution < -0.4 is 4.72 Å². The van der Waals surface area contributed by atoms with Gasteiger partial charge in [-0.25, -0.2) is 8.42 Å². The molecule has 0 bridgehead atoms. The standard InChI is InChI=1S/C14H13Cl2NO3S/c1-9(18)10-3-2-4-12(7-10)21(19,20)17-14-8-11(15)5-6-13(14)16/h2-9,17-18H,1H3. The highest BCUT2D eigenvalue weighted by Gasteiger charge is 2.17. The van der Waals surface area contributed by atoms with Crippen molar-refractivity contribution in [3.05, 3.63) is 58.1 Å². The van der Waals surface area contributed by atoms with Crippen LogP contribution in [-0.2, 0) is 10.0 Å². The van der Waals surface area contributed by atoms with Gasteiger partial charge in [0.05, 0.1) is 21.7 Å².